The molecule has 2 aliphatic heterocycles. The number of fused-ring (bicyclic) bond motifs is 2. The monoisotopic (exact) mass is 394 g/mol. The predicted octanol–water partition coefficient (Wildman–Crippen LogP) is 2.83. The van der Waals surface area contributed by atoms with Crippen LogP contribution in [0.5, 0.6) is 0 Å². The van der Waals surface area contributed by atoms with Crippen LogP contribution in [0.1, 0.15) is 25.3 Å². The van der Waals surface area contributed by atoms with Crippen molar-refractivity contribution in [2.24, 2.45) is 17.8 Å². The van der Waals surface area contributed by atoms with Crippen molar-refractivity contribution in [1.29, 1.82) is 0 Å². The van der Waals surface area contributed by atoms with E-state index in [0.717, 1.165) is 64.6 Å². The van der Waals surface area contributed by atoms with Crippen molar-refractivity contribution in [3.63, 3.8) is 0 Å². The maximum absolute atomic E-state index is 13.1. The Hall–Kier alpha value is -1.85. The molecule has 1 N–H and O–H groups in total. The van der Waals surface area contributed by atoms with Crippen molar-refractivity contribution in [1.82, 2.24) is 19.7 Å². The molecule has 5 rings (SSSR count). The molecule has 1 saturated carbocycles. The number of hydrogen-bond donors (Lipinski definition) is 1. The lowest BCUT2D eigenvalue weighted by atomic mass is 9.61. The van der Waals surface area contributed by atoms with Gasteiger partial charge in [0.15, 0.2) is 0 Å². The van der Waals surface area contributed by atoms with E-state index in [-0.39, 0.29) is 5.92 Å². The zero-order valence-corrected chi connectivity index (χ0v) is 17.6. The summed E-state index contributed by atoms with van der Waals surface area (Å²) in [6, 6.07) is 8.57. The first-order valence-electron chi connectivity index (χ1n) is 11.5. The normalized spacial score (nSPS) is 28.3. The molecule has 1 aromatic carbocycles. The number of piperidine rings is 1. The number of nitrogens with one attached hydrogen (secondary N) is 1. The number of H-pyrrole nitrogens is 1. The number of likely N-dealkylation sites (tertiary alicyclic amines) is 1. The number of piperazine rings is 1. The Morgan fingerprint density at radius 2 is 1.93 bits per heavy atom. The summed E-state index contributed by atoms with van der Waals surface area (Å²) in [7, 11) is 0. The molecule has 0 unspecified atom stereocenters. The number of nitrogens with zero attached hydrogens (tertiary/aromatic N) is 3. The number of carbonyl (C=O) groups is 1. The molecule has 5 heteroatoms. The highest BCUT2D eigenvalue weighted by Crippen LogP contribution is 2.46. The van der Waals surface area contributed by atoms with Crippen LogP contribution in [0.3, 0.4) is 0 Å². The Morgan fingerprint density at radius 1 is 1.10 bits per heavy atom. The topological polar surface area (TPSA) is 42.6 Å². The van der Waals surface area contributed by atoms with Gasteiger partial charge in [-0.25, -0.2) is 0 Å². The van der Waals surface area contributed by atoms with E-state index in [2.05, 4.69) is 57.1 Å². The van der Waals surface area contributed by atoms with Crippen molar-refractivity contribution in [3.05, 3.63) is 36.0 Å². The van der Waals surface area contributed by atoms with Gasteiger partial charge in [0.25, 0.3) is 0 Å². The largest absolute Gasteiger partial charge is 0.361 e. The van der Waals surface area contributed by atoms with Crippen LogP contribution in [0.2, 0.25) is 0 Å². The van der Waals surface area contributed by atoms with Crippen LogP contribution in [-0.4, -0.2) is 77.9 Å². The molecule has 1 aliphatic carbocycles. The van der Waals surface area contributed by atoms with Gasteiger partial charge in [0.2, 0.25) is 5.91 Å². The zero-order valence-electron chi connectivity index (χ0n) is 17.6. The summed E-state index contributed by atoms with van der Waals surface area (Å²) in [6.07, 6.45) is 5.65. The average molecular weight is 395 g/mol. The van der Waals surface area contributed by atoms with Crippen LogP contribution in [0.25, 0.3) is 10.9 Å². The molecule has 3 heterocycles. The van der Waals surface area contributed by atoms with E-state index in [1.807, 2.05) is 0 Å². The molecular formula is C24H34N4O. The lowest BCUT2D eigenvalue weighted by Gasteiger charge is -2.52. The smallest absolute Gasteiger partial charge is 0.226 e. The molecule has 156 valence electrons. The van der Waals surface area contributed by atoms with Crippen LogP contribution in [0.15, 0.2) is 30.5 Å². The highest BCUT2D eigenvalue weighted by Gasteiger charge is 2.48. The van der Waals surface area contributed by atoms with Crippen LogP contribution >= 0.6 is 0 Å². The minimum absolute atomic E-state index is 0.282. The van der Waals surface area contributed by atoms with E-state index in [1.165, 1.54) is 29.4 Å². The summed E-state index contributed by atoms with van der Waals surface area (Å²) in [6.45, 7) is 10.6. The Morgan fingerprint density at radius 3 is 2.76 bits per heavy atom. The first kappa shape index (κ1) is 19.1. The van der Waals surface area contributed by atoms with Gasteiger partial charge in [0.05, 0.1) is 0 Å². The molecule has 0 radical (unpaired) electrons. The first-order valence-corrected chi connectivity index (χ1v) is 11.5. The van der Waals surface area contributed by atoms with Gasteiger partial charge in [-0.05, 0) is 55.8 Å². The molecular weight excluding hydrogens is 360 g/mol. The molecule has 0 bridgehead atoms. The lowest BCUT2D eigenvalue weighted by Crippen LogP contribution is -2.58. The fraction of sp³-hybridized carbons (Fsp3) is 0.625. The van der Waals surface area contributed by atoms with Gasteiger partial charge in [-0.15, -0.1) is 0 Å². The van der Waals surface area contributed by atoms with Crippen molar-refractivity contribution in [2.75, 3.05) is 52.4 Å². The molecule has 3 atom stereocenters. The summed E-state index contributed by atoms with van der Waals surface area (Å²) in [5, 5.41) is 1.35. The van der Waals surface area contributed by atoms with Crippen molar-refractivity contribution in [3.8, 4) is 0 Å². The van der Waals surface area contributed by atoms with E-state index >= 15 is 0 Å². The second-order valence-electron chi connectivity index (χ2n) is 9.22. The SMILES string of the molecule is CCN1CCN(C(=O)[C@@H]2C[C@H]3CCN(CCc4c[nH]c5ccccc45)C[C@H]32)CC1. The van der Waals surface area contributed by atoms with Crippen molar-refractivity contribution < 1.29 is 4.79 Å². The number of aromatic amines is 1. The first-order chi connectivity index (χ1) is 14.2. The number of rotatable bonds is 5. The number of aromatic nitrogens is 1. The Labute approximate surface area is 174 Å². The predicted molar refractivity (Wildman–Crippen MR) is 117 cm³/mol. The van der Waals surface area contributed by atoms with E-state index in [4.69, 9.17) is 0 Å². The summed E-state index contributed by atoms with van der Waals surface area (Å²) in [5.41, 5.74) is 2.65. The van der Waals surface area contributed by atoms with Crippen molar-refractivity contribution >= 4 is 16.8 Å². The lowest BCUT2D eigenvalue weighted by molar-refractivity contribution is -0.149. The van der Waals surface area contributed by atoms with E-state index in [0.29, 0.717) is 11.8 Å². The maximum Gasteiger partial charge on any atom is 0.226 e. The molecule has 29 heavy (non-hydrogen) atoms. The molecule has 1 amide bonds. The van der Waals surface area contributed by atoms with Gasteiger partial charge in [0, 0.05) is 62.3 Å². The fourth-order valence-corrected chi connectivity index (χ4v) is 5.78. The molecule has 2 saturated heterocycles. The number of amides is 1. The standard InChI is InChI=1S/C24H34N4O/c1-2-26-11-13-28(14-12-26)24(29)21-15-18-7-9-27(17-22(18)21)10-8-19-16-25-23-6-4-3-5-20(19)23/h3-6,16,18,21-22,25H,2,7-15,17H2,1H3/t18-,21-,22-/m1/s1. The quantitative estimate of drug-likeness (QED) is 0.848. The molecule has 0 spiro atoms. The molecule has 1 aromatic heterocycles. The van der Waals surface area contributed by atoms with Crippen LogP contribution < -0.4 is 0 Å². The zero-order chi connectivity index (χ0) is 19.8. The Kier molecular flexibility index (Phi) is 5.35. The van der Waals surface area contributed by atoms with Crippen LogP contribution in [0, 0.1) is 17.8 Å². The third kappa shape index (κ3) is 3.71. The molecule has 2 aromatic rings. The van der Waals surface area contributed by atoms with Gasteiger partial charge < -0.3 is 19.7 Å². The minimum atomic E-state index is 0.282. The Balaban J connectivity index is 1.16. The second-order valence-corrected chi connectivity index (χ2v) is 9.22. The van der Waals surface area contributed by atoms with Gasteiger partial charge in [0.1, 0.15) is 0 Å². The van der Waals surface area contributed by atoms with Gasteiger partial charge >= 0.3 is 0 Å². The van der Waals surface area contributed by atoms with Crippen LogP contribution in [0.4, 0.5) is 0 Å². The number of likely N-dealkylation sites (N-methyl/N-ethyl adjacent to an activating group) is 1. The summed E-state index contributed by atoms with van der Waals surface area (Å²) in [4.78, 5) is 23.7. The summed E-state index contributed by atoms with van der Waals surface area (Å²) < 4.78 is 0. The Bertz CT molecular complexity index is 853. The number of carbonyl (C=O) groups excluding carboxylic acids is 1. The number of hydrogen-bond acceptors (Lipinski definition) is 3. The summed E-state index contributed by atoms with van der Waals surface area (Å²) in [5.74, 6) is 2.10. The van der Waals surface area contributed by atoms with E-state index in [9.17, 15) is 4.79 Å². The van der Waals surface area contributed by atoms with Crippen molar-refractivity contribution in [2.45, 2.75) is 26.2 Å². The highest BCUT2D eigenvalue weighted by atomic mass is 16.2. The number of benzene rings is 1. The van der Waals surface area contributed by atoms with Gasteiger partial charge in [-0.2, -0.15) is 0 Å². The van der Waals surface area contributed by atoms with Gasteiger partial charge in [-0.3, -0.25) is 4.79 Å². The third-order valence-corrected chi connectivity index (χ3v) is 7.78. The van der Waals surface area contributed by atoms with E-state index < -0.39 is 0 Å². The molecule has 3 fully saturated rings. The molecule has 5 nitrogen and oxygen atoms in total. The summed E-state index contributed by atoms with van der Waals surface area (Å²) >= 11 is 0. The van der Waals surface area contributed by atoms with E-state index in [1.54, 1.807) is 0 Å². The highest BCUT2D eigenvalue weighted by molar-refractivity contribution is 5.83. The fourth-order valence-electron chi connectivity index (χ4n) is 5.78. The average Bonchev–Trinajstić information content (AvgIpc) is 3.17. The minimum Gasteiger partial charge on any atom is -0.361 e. The third-order valence-electron chi connectivity index (χ3n) is 7.78. The molecule has 3 aliphatic rings. The maximum atomic E-state index is 13.1. The van der Waals surface area contributed by atoms with Crippen LogP contribution in [-0.2, 0) is 11.2 Å². The second kappa shape index (κ2) is 8.11. The van der Waals surface area contributed by atoms with Gasteiger partial charge in [-0.1, -0.05) is 25.1 Å². The number of para-hydroxylation sites is 1.